The minimum Gasteiger partial charge on any atom is -0.398 e. The SMILES string of the molecule is CC(O)(c1ccncc1)c1ccccc1N. The molecule has 3 nitrogen and oxygen atoms in total. The maximum absolute atomic E-state index is 10.5. The molecule has 2 rings (SSSR count). The van der Waals surface area contributed by atoms with E-state index in [9.17, 15) is 5.11 Å². The van der Waals surface area contributed by atoms with Gasteiger partial charge in [0, 0.05) is 23.6 Å². The minimum atomic E-state index is -1.09. The summed E-state index contributed by atoms with van der Waals surface area (Å²) in [5.41, 5.74) is 6.85. The first kappa shape index (κ1) is 10.6. The predicted octanol–water partition coefficient (Wildman–Crippen LogP) is 1.92. The van der Waals surface area contributed by atoms with Crippen LogP contribution in [0.15, 0.2) is 48.8 Å². The van der Waals surface area contributed by atoms with Gasteiger partial charge in [-0.3, -0.25) is 4.98 Å². The Morgan fingerprint density at radius 1 is 1.12 bits per heavy atom. The van der Waals surface area contributed by atoms with Gasteiger partial charge in [-0.2, -0.15) is 0 Å². The average Bonchev–Trinajstić information content (AvgIpc) is 2.30. The molecule has 2 aromatic rings. The molecule has 0 aliphatic carbocycles. The van der Waals surface area contributed by atoms with E-state index in [-0.39, 0.29) is 0 Å². The van der Waals surface area contributed by atoms with Crippen molar-refractivity contribution in [3.63, 3.8) is 0 Å². The lowest BCUT2D eigenvalue weighted by atomic mass is 9.88. The van der Waals surface area contributed by atoms with Gasteiger partial charge in [0.1, 0.15) is 5.60 Å². The second-order valence-electron chi connectivity index (χ2n) is 3.90. The van der Waals surface area contributed by atoms with Crippen LogP contribution in [0.5, 0.6) is 0 Å². The standard InChI is InChI=1S/C13H14N2O/c1-13(16,10-6-8-15-9-7-10)11-4-2-3-5-12(11)14/h2-9,16H,14H2,1H3. The molecular formula is C13H14N2O. The van der Waals surface area contributed by atoms with Crippen molar-refractivity contribution < 1.29 is 5.11 Å². The number of nitrogens with two attached hydrogens (primary N) is 1. The zero-order chi connectivity index (χ0) is 11.6. The first-order chi connectivity index (χ1) is 7.62. The molecule has 1 heterocycles. The average molecular weight is 214 g/mol. The molecular weight excluding hydrogens is 200 g/mol. The topological polar surface area (TPSA) is 59.1 Å². The summed E-state index contributed by atoms with van der Waals surface area (Å²) >= 11 is 0. The van der Waals surface area contributed by atoms with Crippen molar-refractivity contribution in [2.75, 3.05) is 5.73 Å². The molecule has 1 unspecified atom stereocenters. The summed E-state index contributed by atoms with van der Waals surface area (Å²) < 4.78 is 0. The molecule has 0 fully saturated rings. The summed E-state index contributed by atoms with van der Waals surface area (Å²) in [6.45, 7) is 1.73. The van der Waals surface area contributed by atoms with Gasteiger partial charge < -0.3 is 10.8 Å². The molecule has 1 aromatic carbocycles. The highest BCUT2D eigenvalue weighted by Crippen LogP contribution is 2.31. The first-order valence-corrected chi connectivity index (χ1v) is 5.10. The van der Waals surface area contributed by atoms with Crippen LogP contribution in [0.1, 0.15) is 18.1 Å². The lowest BCUT2D eigenvalue weighted by molar-refractivity contribution is 0.103. The highest BCUT2D eigenvalue weighted by Gasteiger charge is 2.27. The third kappa shape index (κ3) is 1.77. The summed E-state index contributed by atoms with van der Waals surface area (Å²) in [5, 5.41) is 10.5. The second kappa shape index (κ2) is 3.94. The van der Waals surface area contributed by atoms with E-state index < -0.39 is 5.60 Å². The Morgan fingerprint density at radius 3 is 2.38 bits per heavy atom. The fourth-order valence-corrected chi connectivity index (χ4v) is 1.77. The lowest BCUT2D eigenvalue weighted by Crippen LogP contribution is -2.24. The molecule has 0 bridgehead atoms. The lowest BCUT2D eigenvalue weighted by Gasteiger charge is -2.25. The van der Waals surface area contributed by atoms with Crippen molar-refractivity contribution >= 4 is 5.69 Å². The summed E-state index contributed by atoms with van der Waals surface area (Å²) in [7, 11) is 0. The van der Waals surface area contributed by atoms with Crippen LogP contribution in [0.25, 0.3) is 0 Å². The van der Waals surface area contributed by atoms with E-state index in [0.717, 1.165) is 5.56 Å². The predicted molar refractivity (Wildman–Crippen MR) is 63.8 cm³/mol. The highest BCUT2D eigenvalue weighted by atomic mass is 16.3. The number of para-hydroxylation sites is 1. The molecule has 16 heavy (non-hydrogen) atoms. The number of nitrogen functional groups attached to an aromatic ring is 1. The van der Waals surface area contributed by atoms with E-state index in [1.165, 1.54) is 0 Å². The molecule has 0 saturated heterocycles. The van der Waals surface area contributed by atoms with Crippen LogP contribution in [-0.4, -0.2) is 10.1 Å². The number of anilines is 1. The number of rotatable bonds is 2. The van der Waals surface area contributed by atoms with Crippen LogP contribution in [0, 0.1) is 0 Å². The van der Waals surface area contributed by atoms with Crippen molar-refractivity contribution in [3.8, 4) is 0 Å². The van der Waals surface area contributed by atoms with Crippen molar-refractivity contribution in [1.29, 1.82) is 0 Å². The fraction of sp³-hybridized carbons (Fsp3) is 0.154. The van der Waals surface area contributed by atoms with E-state index in [1.54, 1.807) is 37.5 Å². The number of aliphatic hydroxyl groups is 1. The van der Waals surface area contributed by atoms with Gasteiger partial charge in [0.05, 0.1) is 0 Å². The van der Waals surface area contributed by atoms with Gasteiger partial charge in [0.15, 0.2) is 0 Å². The normalized spacial score (nSPS) is 14.4. The third-order valence-electron chi connectivity index (χ3n) is 2.73. The van der Waals surface area contributed by atoms with Crippen molar-refractivity contribution in [1.82, 2.24) is 4.98 Å². The minimum absolute atomic E-state index is 0.587. The number of pyridine rings is 1. The fourth-order valence-electron chi connectivity index (χ4n) is 1.77. The molecule has 3 heteroatoms. The molecule has 0 amide bonds. The third-order valence-corrected chi connectivity index (χ3v) is 2.73. The Balaban J connectivity index is 2.51. The van der Waals surface area contributed by atoms with Crippen molar-refractivity contribution in [2.24, 2.45) is 0 Å². The molecule has 0 saturated carbocycles. The molecule has 0 aliphatic heterocycles. The molecule has 0 radical (unpaired) electrons. The Labute approximate surface area is 94.6 Å². The van der Waals surface area contributed by atoms with Gasteiger partial charge in [-0.1, -0.05) is 18.2 Å². The van der Waals surface area contributed by atoms with Crippen LogP contribution < -0.4 is 5.73 Å². The Hall–Kier alpha value is -1.87. The molecule has 0 aliphatic rings. The zero-order valence-corrected chi connectivity index (χ0v) is 9.09. The van der Waals surface area contributed by atoms with E-state index in [4.69, 9.17) is 5.73 Å². The smallest absolute Gasteiger partial charge is 0.114 e. The Kier molecular flexibility index (Phi) is 2.62. The summed E-state index contributed by atoms with van der Waals surface area (Å²) in [4.78, 5) is 3.93. The van der Waals surface area contributed by atoms with Gasteiger partial charge in [0.25, 0.3) is 0 Å². The maximum Gasteiger partial charge on any atom is 0.114 e. The van der Waals surface area contributed by atoms with Gasteiger partial charge in [-0.05, 0) is 30.7 Å². The molecule has 1 aromatic heterocycles. The van der Waals surface area contributed by atoms with Crippen LogP contribution in [-0.2, 0) is 5.60 Å². The van der Waals surface area contributed by atoms with Gasteiger partial charge in [-0.15, -0.1) is 0 Å². The van der Waals surface area contributed by atoms with Crippen LogP contribution >= 0.6 is 0 Å². The number of hydrogen-bond acceptors (Lipinski definition) is 3. The first-order valence-electron chi connectivity index (χ1n) is 5.10. The van der Waals surface area contributed by atoms with E-state index in [0.29, 0.717) is 11.3 Å². The van der Waals surface area contributed by atoms with Gasteiger partial charge in [0.2, 0.25) is 0 Å². The van der Waals surface area contributed by atoms with E-state index in [2.05, 4.69) is 4.98 Å². The number of nitrogens with zero attached hydrogens (tertiary/aromatic N) is 1. The number of benzene rings is 1. The highest BCUT2D eigenvalue weighted by molar-refractivity contribution is 5.52. The van der Waals surface area contributed by atoms with Crippen LogP contribution in [0.4, 0.5) is 5.69 Å². The van der Waals surface area contributed by atoms with Crippen molar-refractivity contribution in [3.05, 3.63) is 59.9 Å². The molecule has 82 valence electrons. The monoisotopic (exact) mass is 214 g/mol. The maximum atomic E-state index is 10.5. The summed E-state index contributed by atoms with van der Waals surface area (Å²) in [6, 6.07) is 10.9. The molecule has 3 N–H and O–H groups in total. The van der Waals surface area contributed by atoms with Gasteiger partial charge >= 0.3 is 0 Å². The molecule has 1 atom stereocenters. The molecule has 0 spiro atoms. The quantitative estimate of drug-likeness (QED) is 0.751. The van der Waals surface area contributed by atoms with Crippen LogP contribution in [0.2, 0.25) is 0 Å². The number of aromatic nitrogens is 1. The number of hydrogen-bond donors (Lipinski definition) is 2. The second-order valence-corrected chi connectivity index (χ2v) is 3.90. The largest absolute Gasteiger partial charge is 0.398 e. The van der Waals surface area contributed by atoms with E-state index in [1.807, 2.05) is 18.2 Å². The zero-order valence-electron chi connectivity index (χ0n) is 9.09. The van der Waals surface area contributed by atoms with Crippen molar-refractivity contribution in [2.45, 2.75) is 12.5 Å². The summed E-state index contributed by atoms with van der Waals surface area (Å²) in [5.74, 6) is 0. The summed E-state index contributed by atoms with van der Waals surface area (Å²) in [6.07, 6.45) is 3.31. The van der Waals surface area contributed by atoms with Gasteiger partial charge in [-0.25, -0.2) is 0 Å². The Morgan fingerprint density at radius 2 is 1.75 bits per heavy atom. The van der Waals surface area contributed by atoms with E-state index >= 15 is 0 Å². The Bertz CT molecular complexity index is 480. The van der Waals surface area contributed by atoms with Crippen LogP contribution in [0.3, 0.4) is 0 Å².